The lowest BCUT2D eigenvalue weighted by atomic mass is 9.83. The van der Waals surface area contributed by atoms with Gasteiger partial charge in [-0.1, -0.05) is 48.2 Å². The van der Waals surface area contributed by atoms with Gasteiger partial charge in [0.15, 0.2) is 22.5 Å². The van der Waals surface area contributed by atoms with Gasteiger partial charge in [0.05, 0.1) is 28.8 Å². The predicted octanol–water partition coefficient (Wildman–Crippen LogP) is 3.89. The summed E-state index contributed by atoms with van der Waals surface area (Å²) in [4.78, 5) is 38.7. The first-order valence-corrected chi connectivity index (χ1v) is 11.1. The summed E-state index contributed by atoms with van der Waals surface area (Å²) in [5.41, 5.74) is 2.38. The molecular formula is C24H18N4O4S. The molecule has 1 aliphatic rings. The number of ketones is 2. The Morgan fingerprint density at radius 3 is 2.42 bits per heavy atom. The van der Waals surface area contributed by atoms with Crippen LogP contribution in [0.3, 0.4) is 0 Å². The Morgan fingerprint density at radius 1 is 0.970 bits per heavy atom. The zero-order valence-corrected chi connectivity index (χ0v) is 18.6. The quantitative estimate of drug-likeness (QED) is 0.398. The number of benzene rings is 2. The summed E-state index contributed by atoms with van der Waals surface area (Å²) < 4.78 is 7.12. The van der Waals surface area contributed by atoms with E-state index in [2.05, 4.69) is 15.5 Å². The lowest BCUT2D eigenvalue weighted by molar-refractivity contribution is -0.113. The van der Waals surface area contributed by atoms with Crippen molar-refractivity contribution in [2.24, 2.45) is 7.05 Å². The third-order valence-electron chi connectivity index (χ3n) is 5.49. The van der Waals surface area contributed by atoms with Crippen LogP contribution in [0.2, 0.25) is 0 Å². The maximum absolute atomic E-state index is 13.1. The van der Waals surface area contributed by atoms with Crippen LogP contribution in [0.15, 0.2) is 64.4 Å². The standard InChI is InChI=1S/C24H18N4O4S/c1-13-14(10-11-32-13)23-26-27-24(28(23)2)33-12-19(29)25-18-9-5-8-17-20(18)22(31)16-7-4-3-6-15(16)21(17)30/h3-11H,12H2,1-2H3,(H,25,29). The molecule has 0 aliphatic heterocycles. The number of furan rings is 1. The third kappa shape index (κ3) is 3.56. The van der Waals surface area contributed by atoms with Gasteiger partial charge in [-0.15, -0.1) is 10.2 Å². The van der Waals surface area contributed by atoms with E-state index in [-0.39, 0.29) is 34.4 Å². The number of anilines is 1. The lowest BCUT2D eigenvalue weighted by Gasteiger charge is -2.20. The molecule has 1 aliphatic carbocycles. The van der Waals surface area contributed by atoms with Crippen LogP contribution >= 0.6 is 11.8 Å². The van der Waals surface area contributed by atoms with E-state index in [4.69, 9.17) is 4.42 Å². The van der Waals surface area contributed by atoms with E-state index in [1.165, 1.54) is 11.8 Å². The maximum Gasteiger partial charge on any atom is 0.234 e. The number of amides is 1. The van der Waals surface area contributed by atoms with Crippen molar-refractivity contribution in [3.05, 3.63) is 82.8 Å². The number of aromatic nitrogens is 3. The molecule has 33 heavy (non-hydrogen) atoms. The molecule has 0 saturated carbocycles. The second-order valence-corrected chi connectivity index (χ2v) is 8.47. The Labute approximate surface area is 193 Å². The summed E-state index contributed by atoms with van der Waals surface area (Å²) in [7, 11) is 1.82. The Hall–Kier alpha value is -3.98. The fraction of sp³-hybridized carbons (Fsp3) is 0.125. The molecule has 0 radical (unpaired) electrons. The minimum atomic E-state index is -0.323. The van der Waals surface area contributed by atoms with Crippen molar-refractivity contribution >= 4 is 34.9 Å². The third-order valence-corrected chi connectivity index (χ3v) is 6.51. The van der Waals surface area contributed by atoms with Crippen molar-refractivity contribution in [1.82, 2.24) is 14.8 Å². The average Bonchev–Trinajstić information content (AvgIpc) is 3.40. The first-order chi connectivity index (χ1) is 16.0. The fourth-order valence-corrected chi connectivity index (χ4v) is 4.57. The number of fused-ring (bicyclic) bond motifs is 2. The van der Waals surface area contributed by atoms with Gasteiger partial charge in [0, 0.05) is 23.7 Å². The molecule has 0 fully saturated rings. The Balaban J connectivity index is 1.34. The van der Waals surface area contributed by atoms with Crippen LogP contribution in [-0.2, 0) is 11.8 Å². The van der Waals surface area contributed by atoms with E-state index >= 15 is 0 Å². The summed E-state index contributed by atoms with van der Waals surface area (Å²) >= 11 is 1.22. The number of nitrogens with one attached hydrogen (secondary N) is 1. The number of rotatable bonds is 5. The Kier molecular flexibility index (Phi) is 5.18. The smallest absolute Gasteiger partial charge is 0.234 e. The molecule has 9 heteroatoms. The molecule has 0 spiro atoms. The van der Waals surface area contributed by atoms with Crippen molar-refractivity contribution in [2.45, 2.75) is 12.1 Å². The normalized spacial score (nSPS) is 12.4. The largest absolute Gasteiger partial charge is 0.469 e. The second kappa shape index (κ2) is 8.18. The van der Waals surface area contributed by atoms with Gasteiger partial charge in [0.25, 0.3) is 0 Å². The van der Waals surface area contributed by atoms with Crippen LogP contribution in [0.4, 0.5) is 5.69 Å². The van der Waals surface area contributed by atoms with Crippen LogP contribution in [-0.4, -0.2) is 38.0 Å². The molecule has 0 unspecified atom stereocenters. The van der Waals surface area contributed by atoms with Crippen LogP contribution in [0, 0.1) is 6.92 Å². The SMILES string of the molecule is Cc1occc1-c1nnc(SCC(=O)Nc2cccc3c2C(=O)c2ccccc2C3=O)n1C. The molecule has 8 nitrogen and oxygen atoms in total. The van der Waals surface area contributed by atoms with E-state index in [0.29, 0.717) is 27.8 Å². The monoisotopic (exact) mass is 458 g/mol. The average molecular weight is 458 g/mol. The van der Waals surface area contributed by atoms with E-state index in [1.54, 1.807) is 53.3 Å². The number of carbonyl (C=O) groups excluding carboxylic acids is 3. The Bertz CT molecular complexity index is 1440. The van der Waals surface area contributed by atoms with Gasteiger partial charge < -0.3 is 14.3 Å². The molecule has 5 rings (SSSR count). The molecule has 0 saturated heterocycles. The zero-order chi connectivity index (χ0) is 23.1. The summed E-state index contributed by atoms with van der Waals surface area (Å²) in [5.74, 6) is 0.595. The van der Waals surface area contributed by atoms with Gasteiger partial charge in [-0.3, -0.25) is 14.4 Å². The van der Waals surface area contributed by atoms with Crippen molar-refractivity contribution in [2.75, 3.05) is 11.1 Å². The van der Waals surface area contributed by atoms with Gasteiger partial charge >= 0.3 is 0 Å². The molecule has 2 aromatic carbocycles. The highest BCUT2D eigenvalue weighted by molar-refractivity contribution is 7.99. The highest BCUT2D eigenvalue weighted by atomic mass is 32.2. The van der Waals surface area contributed by atoms with Gasteiger partial charge in [-0.05, 0) is 19.1 Å². The number of hydrogen-bond acceptors (Lipinski definition) is 7. The topological polar surface area (TPSA) is 107 Å². The molecule has 4 aromatic rings. The first-order valence-electron chi connectivity index (χ1n) is 10.1. The van der Waals surface area contributed by atoms with Crippen molar-refractivity contribution < 1.29 is 18.8 Å². The molecule has 1 amide bonds. The molecular weight excluding hydrogens is 440 g/mol. The number of aryl methyl sites for hydroxylation is 1. The summed E-state index contributed by atoms with van der Waals surface area (Å²) in [6, 6.07) is 13.4. The van der Waals surface area contributed by atoms with Gasteiger partial charge in [0.1, 0.15) is 5.76 Å². The fourth-order valence-electron chi connectivity index (χ4n) is 3.86. The van der Waals surface area contributed by atoms with Crippen LogP contribution in [0.25, 0.3) is 11.4 Å². The molecule has 2 heterocycles. The summed E-state index contributed by atoms with van der Waals surface area (Å²) in [6.07, 6.45) is 1.59. The van der Waals surface area contributed by atoms with Crippen molar-refractivity contribution in [3.8, 4) is 11.4 Å². The first kappa shape index (κ1) is 20.9. The van der Waals surface area contributed by atoms with Crippen LogP contribution in [0.5, 0.6) is 0 Å². The Morgan fingerprint density at radius 2 is 1.70 bits per heavy atom. The molecule has 164 valence electrons. The van der Waals surface area contributed by atoms with Crippen LogP contribution < -0.4 is 5.32 Å². The second-order valence-electron chi connectivity index (χ2n) is 7.52. The molecule has 0 bridgehead atoms. The van der Waals surface area contributed by atoms with Crippen molar-refractivity contribution in [1.29, 1.82) is 0 Å². The summed E-state index contributed by atoms with van der Waals surface area (Å²) in [6.45, 7) is 1.84. The van der Waals surface area contributed by atoms with Gasteiger partial charge in [0.2, 0.25) is 5.91 Å². The molecule has 0 atom stereocenters. The van der Waals surface area contributed by atoms with E-state index in [0.717, 1.165) is 11.3 Å². The lowest BCUT2D eigenvalue weighted by Crippen LogP contribution is -2.24. The minimum Gasteiger partial charge on any atom is -0.469 e. The van der Waals surface area contributed by atoms with Gasteiger partial charge in [-0.25, -0.2) is 0 Å². The molecule has 2 aromatic heterocycles. The highest BCUT2D eigenvalue weighted by Crippen LogP contribution is 2.32. The minimum absolute atomic E-state index is 0.0543. The number of carbonyl (C=O) groups is 3. The van der Waals surface area contributed by atoms with Gasteiger partial charge in [-0.2, -0.15) is 0 Å². The van der Waals surface area contributed by atoms with Crippen LogP contribution in [0.1, 0.15) is 37.6 Å². The summed E-state index contributed by atoms with van der Waals surface area (Å²) in [5, 5.41) is 11.7. The molecule has 1 N–H and O–H groups in total. The maximum atomic E-state index is 13.1. The predicted molar refractivity (Wildman–Crippen MR) is 123 cm³/mol. The zero-order valence-electron chi connectivity index (χ0n) is 17.8. The van der Waals surface area contributed by atoms with E-state index in [9.17, 15) is 14.4 Å². The number of hydrogen-bond donors (Lipinski definition) is 1. The number of thioether (sulfide) groups is 1. The van der Waals surface area contributed by atoms with Crippen molar-refractivity contribution in [3.63, 3.8) is 0 Å². The van der Waals surface area contributed by atoms with E-state index in [1.807, 2.05) is 20.0 Å². The number of nitrogens with zero attached hydrogens (tertiary/aromatic N) is 3. The van der Waals surface area contributed by atoms with E-state index < -0.39 is 0 Å². The highest BCUT2D eigenvalue weighted by Gasteiger charge is 2.31.